The molecule has 2 heteroatoms. The Morgan fingerprint density at radius 1 is 1.00 bits per heavy atom. The molecule has 0 aromatic rings. The SMILES string of the molecule is CC1=CC2=CC3=C=C(C=C(C=C1C)C2)N(C)C(C)=N3. The molecule has 0 N–H and O–H groups in total. The predicted octanol–water partition coefficient (Wildman–Crippen LogP) is 3.88. The molecule has 3 aliphatic rings. The maximum absolute atomic E-state index is 4.58. The quantitative estimate of drug-likeness (QED) is 0.596. The van der Waals surface area contributed by atoms with E-state index in [1.54, 1.807) is 0 Å². The Kier molecular flexibility index (Phi) is 2.69. The van der Waals surface area contributed by atoms with E-state index in [0.29, 0.717) is 0 Å². The molecular formula is C17H18N2. The fourth-order valence-corrected chi connectivity index (χ4v) is 2.53. The molecule has 0 radical (unpaired) electrons. The van der Waals surface area contributed by atoms with Gasteiger partial charge in [0.1, 0.15) is 11.5 Å². The van der Waals surface area contributed by atoms with Gasteiger partial charge in [-0.1, -0.05) is 17.9 Å². The van der Waals surface area contributed by atoms with Gasteiger partial charge in [-0.15, -0.1) is 0 Å². The summed E-state index contributed by atoms with van der Waals surface area (Å²) in [6, 6.07) is 0. The largest absolute Gasteiger partial charge is 0.327 e. The smallest absolute Gasteiger partial charge is 0.109 e. The number of rotatable bonds is 0. The minimum atomic E-state index is 0.930. The predicted molar refractivity (Wildman–Crippen MR) is 79.7 cm³/mol. The van der Waals surface area contributed by atoms with Gasteiger partial charge in [0.2, 0.25) is 0 Å². The maximum atomic E-state index is 4.58. The van der Waals surface area contributed by atoms with Crippen LogP contribution in [0.4, 0.5) is 0 Å². The van der Waals surface area contributed by atoms with E-state index in [0.717, 1.165) is 23.7 Å². The van der Waals surface area contributed by atoms with Crippen LogP contribution in [-0.2, 0) is 0 Å². The summed E-state index contributed by atoms with van der Waals surface area (Å²) in [6.45, 7) is 6.37. The number of allylic oxidation sites excluding steroid dienone is 7. The van der Waals surface area contributed by atoms with Crippen molar-refractivity contribution in [3.63, 3.8) is 0 Å². The molecule has 1 heterocycles. The fraction of sp³-hybridized carbons (Fsp3) is 0.294. The molecule has 19 heavy (non-hydrogen) atoms. The van der Waals surface area contributed by atoms with Crippen molar-refractivity contribution in [2.75, 3.05) is 7.05 Å². The molecule has 3 rings (SSSR count). The van der Waals surface area contributed by atoms with Gasteiger partial charge in [-0.3, -0.25) is 0 Å². The van der Waals surface area contributed by atoms with Crippen molar-refractivity contribution in [2.45, 2.75) is 27.2 Å². The fourth-order valence-electron chi connectivity index (χ4n) is 2.53. The van der Waals surface area contributed by atoms with Crippen LogP contribution in [0.15, 0.2) is 68.7 Å². The first-order valence-corrected chi connectivity index (χ1v) is 6.61. The number of fused-ring (bicyclic) bond motifs is 2. The van der Waals surface area contributed by atoms with Gasteiger partial charge in [0.15, 0.2) is 0 Å². The lowest BCUT2D eigenvalue weighted by Gasteiger charge is -2.23. The Morgan fingerprint density at radius 2 is 1.63 bits per heavy atom. The molecule has 0 aromatic heterocycles. The standard InChI is InChI=1S/C17H18N2/c1-11-5-14-7-15(6-12(11)2)9-17-10-16(8-14)18-13(3)19(17)4/h5-6,8-9H,7H2,1-4H3. The van der Waals surface area contributed by atoms with Crippen molar-refractivity contribution < 1.29 is 0 Å². The lowest BCUT2D eigenvalue weighted by molar-refractivity contribution is 0.635. The summed E-state index contributed by atoms with van der Waals surface area (Å²) in [6.07, 6.45) is 9.88. The van der Waals surface area contributed by atoms with Crippen LogP contribution in [0.5, 0.6) is 0 Å². The van der Waals surface area contributed by atoms with E-state index in [1.807, 2.05) is 14.0 Å². The topological polar surface area (TPSA) is 15.6 Å². The van der Waals surface area contributed by atoms with E-state index >= 15 is 0 Å². The summed E-state index contributed by atoms with van der Waals surface area (Å²) in [5.41, 5.74) is 10.7. The second kappa shape index (κ2) is 4.25. The van der Waals surface area contributed by atoms with E-state index in [4.69, 9.17) is 0 Å². The highest BCUT2D eigenvalue weighted by Gasteiger charge is 2.16. The van der Waals surface area contributed by atoms with E-state index in [1.165, 1.54) is 22.3 Å². The number of hydrogen-bond donors (Lipinski definition) is 0. The zero-order chi connectivity index (χ0) is 13.6. The summed E-state index contributed by atoms with van der Waals surface area (Å²) < 4.78 is 0. The molecule has 96 valence electrons. The number of hydrogen-bond acceptors (Lipinski definition) is 2. The van der Waals surface area contributed by atoms with Gasteiger partial charge in [-0.2, -0.15) is 0 Å². The first-order chi connectivity index (χ1) is 9.02. The van der Waals surface area contributed by atoms with Gasteiger partial charge in [-0.25, -0.2) is 4.99 Å². The molecule has 0 aromatic carbocycles. The van der Waals surface area contributed by atoms with Crippen LogP contribution in [0.2, 0.25) is 0 Å². The van der Waals surface area contributed by atoms with Gasteiger partial charge < -0.3 is 4.90 Å². The number of amidine groups is 1. The summed E-state index contributed by atoms with van der Waals surface area (Å²) >= 11 is 0. The molecule has 0 atom stereocenters. The van der Waals surface area contributed by atoms with Crippen molar-refractivity contribution in [2.24, 2.45) is 4.99 Å². The highest BCUT2D eigenvalue weighted by Crippen LogP contribution is 2.29. The second-order valence-electron chi connectivity index (χ2n) is 5.38. The Morgan fingerprint density at radius 3 is 2.32 bits per heavy atom. The van der Waals surface area contributed by atoms with Crippen molar-refractivity contribution in [1.29, 1.82) is 0 Å². The molecule has 2 aliphatic carbocycles. The maximum Gasteiger partial charge on any atom is 0.109 e. The first kappa shape index (κ1) is 12.0. The lowest BCUT2D eigenvalue weighted by atomic mass is 10.0. The van der Waals surface area contributed by atoms with Crippen LogP contribution >= 0.6 is 0 Å². The average molecular weight is 250 g/mol. The summed E-state index contributed by atoms with van der Waals surface area (Å²) in [4.78, 5) is 6.67. The minimum absolute atomic E-state index is 0.930. The van der Waals surface area contributed by atoms with Crippen molar-refractivity contribution >= 4 is 5.84 Å². The number of likely N-dealkylation sites (N-methyl/N-ethyl adjacent to an activating group) is 1. The van der Waals surface area contributed by atoms with Crippen molar-refractivity contribution in [3.05, 3.63) is 63.7 Å². The normalized spacial score (nSPS) is 21.7. The Labute approximate surface area is 114 Å². The van der Waals surface area contributed by atoms with Gasteiger partial charge in [-0.05, 0) is 61.6 Å². The van der Waals surface area contributed by atoms with Crippen LogP contribution in [-0.4, -0.2) is 17.8 Å². The number of aliphatic imine (C=N–C) groups is 1. The monoisotopic (exact) mass is 250 g/mol. The molecule has 4 bridgehead atoms. The third kappa shape index (κ3) is 2.16. The summed E-state index contributed by atoms with van der Waals surface area (Å²) in [5.74, 6) is 1.01. The number of nitrogens with zero attached hydrogens (tertiary/aromatic N) is 2. The highest BCUT2D eigenvalue weighted by atomic mass is 15.2. The average Bonchev–Trinajstić information content (AvgIpc) is 2.44. The Hall–Kier alpha value is -2.05. The van der Waals surface area contributed by atoms with Gasteiger partial charge in [0, 0.05) is 7.05 Å². The second-order valence-corrected chi connectivity index (χ2v) is 5.38. The van der Waals surface area contributed by atoms with Crippen molar-refractivity contribution in [1.82, 2.24) is 4.90 Å². The van der Waals surface area contributed by atoms with Crippen molar-refractivity contribution in [3.8, 4) is 0 Å². The van der Waals surface area contributed by atoms with E-state index in [-0.39, 0.29) is 0 Å². The molecule has 0 spiro atoms. The third-order valence-corrected chi connectivity index (χ3v) is 3.86. The lowest BCUT2D eigenvalue weighted by Crippen LogP contribution is -2.24. The zero-order valence-corrected chi connectivity index (χ0v) is 11.9. The molecule has 0 fully saturated rings. The zero-order valence-electron chi connectivity index (χ0n) is 11.9. The summed E-state index contributed by atoms with van der Waals surface area (Å²) in [7, 11) is 2.04. The van der Waals surface area contributed by atoms with Crippen LogP contribution < -0.4 is 0 Å². The van der Waals surface area contributed by atoms with Gasteiger partial charge >= 0.3 is 0 Å². The molecule has 0 saturated carbocycles. The molecule has 2 nitrogen and oxygen atoms in total. The third-order valence-electron chi connectivity index (χ3n) is 3.86. The molecule has 1 aliphatic heterocycles. The first-order valence-electron chi connectivity index (χ1n) is 6.61. The van der Waals surface area contributed by atoms with Crippen LogP contribution in [0.1, 0.15) is 27.2 Å². The Balaban J connectivity index is 2.23. The summed E-state index contributed by atoms with van der Waals surface area (Å²) in [5, 5.41) is 0. The van der Waals surface area contributed by atoms with E-state index < -0.39 is 0 Å². The highest BCUT2D eigenvalue weighted by molar-refractivity contribution is 5.84. The minimum Gasteiger partial charge on any atom is -0.327 e. The molecule has 0 unspecified atom stereocenters. The van der Waals surface area contributed by atoms with Crippen LogP contribution in [0, 0.1) is 0 Å². The molecule has 0 amide bonds. The molecular weight excluding hydrogens is 232 g/mol. The van der Waals surface area contributed by atoms with E-state index in [9.17, 15) is 0 Å². The van der Waals surface area contributed by atoms with Crippen LogP contribution in [0.3, 0.4) is 0 Å². The Bertz CT molecular complexity index is 672. The van der Waals surface area contributed by atoms with Gasteiger partial charge in [0.25, 0.3) is 0 Å². The van der Waals surface area contributed by atoms with Gasteiger partial charge in [0.05, 0.1) is 5.70 Å². The van der Waals surface area contributed by atoms with Crippen LogP contribution in [0.25, 0.3) is 0 Å². The van der Waals surface area contributed by atoms with E-state index in [2.05, 4.69) is 53.8 Å². The molecule has 0 saturated heterocycles.